The van der Waals surface area contributed by atoms with Crippen molar-refractivity contribution in [3.05, 3.63) is 72.3 Å². The molecule has 41 heavy (non-hydrogen) atoms. The molecule has 3 N–H and O–H groups in total. The molecule has 0 amide bonds. The Morgan fingerprint density at radius 3 is 2.49 bits per heavy atom. The zero-order valence-corrected chi connectivity index (χ0v) is 25.0. The molecule has 5 atom stereocenters. The Morgan fingerprint density at radius 2 is 1.71 bits per heavy atom. The first kappa shape index (κ1) is 28.7. The highest BCUT2D eigenvalue weighted by atomic mass is 32.2. The van der Waals surface area contributed by atoms with Gasteiger partial charge in [0, 0.05) is 30.7 Å². The molecule has 3 aliphatic rings. The summed E-state index contributed by atoms with van der Waals surface area (Å²) in [7, 11) is -3.58. The highest BCUT2D eigenvalue weighted by Crippen LogP contribution is 2.40. The van der Waals surface area contributed by atoms with Crippen molar-refractivity contribution in [2.45, 2.75) is 99.1 Å². The number of nitrogens with one attached hydrogen (secondary N) is 3. The number of rotatable bonds is 13. The van der Waals surface area contributed by atoms with Gasteiger partial charge in [0.05, 0.1) is 16.8 Å². The van der Waals surface area contributed by atoms with Crippen LogP contribution < -0.4 is 20.7 Å². The lowest BCUT2D eigenvalue weighted by atomic mass is 9.85. The van der Waals surface area contributed by atoms with E-state index in [9.17, 15) is 8.42 Å². The van der Waals surface area contributed by atoms with E-state index in [1.807, 2.05) is 12.1 Å². The highest BCUT2D eigenvalue weighted by Gasteiger charge is 2.57. The van der Waals surface area contributed by atoms with E-state index in [1.165, 1.54) is 42.0 Å². The van der Waals surface area contributed by atoms with Gasteiger partial charge in [0.25, 0.3) is 0 Å². The monoisotopic (exact) mass is 575 g/mol. The Morgan fingerprint density at radius 1 is 0.927 bits per heavy atom. The van der Waals surface area contributed by atoms with Gasteiger partial charge in [-0.25, -0.2) is 8.42 Å². The Hall–Kier alpha value is -2.45. The third-order valence-corrected chi connectivity index (χ3v) is 11.8. The van der Waals surface area contributed by atoms with E-state index in [-0.39, 0.29) is 18.1 Å². The van der Waals surface area contributed by atoms with Gasteiger partial charge < -0.3 is 20.7 Å². The van der Waals surface area contributed by atoms with E-state index in [1.54, 1.807) is 12.1 Å². The molecule has 1 aliphatic carbocycles. The number of unbranched alkanes of at least 4 members (excludes halogenated alkanes) is 2. The van der Waals surface area contributed by atoms with E-state index in [0.717, 1.165) is 38.0 Å². The summed E-state index contributed by atoms with van der Waals surface area (Å²) in [6.07, 6.45) is 9.34. The van der Waals surface area contributed by atoms with Crippen LogP contribution in [0.15, 0.2) is 71.6 Å². The standard InChI is InChI=1S/C34H45N3O3S/c1-2-3-8-19-40-29-15-17-30(18-16-29)41(38,39)34-32-27(23-35-28-11-6-7-12-28)21-31(37-32)33(34)36-22-24-13-14-25-9-4-5-10-26(25)20-24/h4-5,9-10,13-18,20,27-28,31-37H,2-3,6-8,11-12,19,21-23H2,1H3/t27-,31-,32+,33-,34-/m1/s1. The molecule has 3 aromatic carbocycles. The smallest absolute Gasteiger partial charge is 0.184 e. The number of ether oxygens (including phenoxy) is 1. The van der Waals surface area contributed by atoms with Crippen LogP contribution in [0.3, 0.4) is 0 Å². The summed E-state index contributed by atoms with van der Waals surface area (Å²) in [5.74, 6) is 1.04. The second-order valence-electron chi connectivity index (χ2n) is 12.3. The molecule has 0 spiro atoms. The van der Waals surface area contributed by atoms with Gasteiger partial charge in [0.2, 0.25) is 0 Å². The lowest BCUT2D eigenvalue weighted by Gasteiger charge is -2.35. The fourth-order valence-electron chi connectivity index (χ4n) is 7.30. The second kappa shape index (κ2) is 12.8. The zero-order chi connectivity index (χ0) is 28.2. The first-order valence-corrected chi connectivity index (χ1v) is 17.2. The predicted octanol–water partition coefficient (Wildman–Crippen LogP) is 5.60. The molecule has 220 valence electrons. The van der Waals surface area contributed by atoms with Crippen molar-refractivity contribution < 1.29 is 13.2 Å². The first-order chi connectivity index (χ1) is 20.0. The zero-order valence-electron chi connectivity index (χ0n) is 24.2. The quantitative estimate of drug-likeness (QED) is 0.230. The Balaban J connectivity index is 1.20. The maximum atomic E-state index is 14.3. The highest BCUT2D eigenvalue weighted by molar-refractivity contribution is 7.92. The van der Waals surface area contributed by atoms with Crippen LogP contribution in [-0.4, -0.2) is 51.0 Å². The lowest BCUT2D eigenvalue weighted by Crippen LogP contribution is -2.54. The Kier molecular flexibility index (Phi) is 8.96. The van der Waals surface area contributed by atoms with Crippen LogP contribution in [0.4, 0.5) is 0 Å². The molecule has 0 radical (unpaired) electrons. The van der Waals surface area contributed by atoms with Gasteiger partial charge in [-0.15, -0.1) is 0 Å². The molecular weight excluding hydrogens is 530 g/mol. The summed E-state index contributed by atoms with van der Waals surface area (Å²) in [5.41, 5.74) is 1.17. The second-order valence-corrected chi connectivity index (χ2v) is 14.4. The summed E-state index contributed by atoms with van der Waals surface area (Å²) in [6, 6.07) is 22.5. The molecule has 2 bridgehead atoms. The molecule has 3 fully saturated rings. The molecule has 3 aromatic rings. The van der Waals surface area contributed by atoms with Crippen molar-refractivity contribution >= 4 is 20.6 Å². The SMILES string of the molecule is CCCCCOc1ccc(S(=O)(=O)[C@@H]2[C@H]3N[C@H](C[C@@H]3CNC3CCCC3)[C@H]2NCc2ccc3ccccc3c2)cc1. The van der Waals surface area contributed by atoms with Crippen LogP contribution in [-0.2, 0) is 16.4 Å². The van der Waals surface area contributed by atoms with Gasteiger partial charge in [-0.05, 0) is 84.8 Å². The third kappa shape index (κ3) is 6.34. The maximum absolute atomic E-state index is 14.3. The summed E-state index contributed by atoms with van der Waals surface area (Å²) >= 11 is 0. The van der Waals surface area contributed by atoms with Gasteiger partial charge in [0.1, 0.15) is 5.75 Å². The van der Waals surface area contributed by atoms with Crippen LogP contribution in [0.1, 0.15) is 63.9 Å². The van der Waals surface area contributed by atoms with Gasteiger partial charge in [0.15, 0.2) is 9.84 Å². The van der Waals surface area contributed by atoms with Crippen molar-refractivity contribution in [3.63, 3.8) is 0 Å². The topological polar surface area (TPSA) is 79.5 Å². The van der Waals surface area contributed by atoms with Crippen LogP contribution in [0.5, 0.6) is 5.75 Å². The van der Waals surface area contributed by atoms with Crippen LogP contribution in [0.2, 0.25) is 0 Å². The van der Waals surface area contributed by atoms with E-state index >= 15 is 0 Å². The first-order valence-electron chi connectivity index (χ1n) is 15.7. The largest absolute Gasteiger partial charge is 0.494 e. The fourth-order valence-corrected chi connectivity index (χ4v) is 9.49. The van der Waals surface area contributed by atoms with Gasteiger partial charge in [-0.3, -0.25) is 0 Å². The number of hydrogen-bond donors (Lipinski definition) is 3. The van der Waals surface area contributed by atoms with Crippen LogP contribution >= 0.6 is 0 Å². The molecular formula is C34H45N3O3S. The third-order valence-electron chi connectivity index (χ3n) is 9.52. The number of fused-ring (bicyclic) bond motifs is 3. The van der Waals surface area contributed by atoms with Crippen molar-refractivity contribution in [2.24, 2.45) is 5.92 Å². The summed E-state index contributed by atoms with van der Waals surface area (Å²) in [4.78, 5) is 0.387. The molecule has 0 aromatic heterocycles. The van der Waals surface area contributed by atoms with Crippen LogP contribution in [0.25, 0.3) is 10.8 Å². The predicted molar refractivity (Wildman–Crippen MR) is 166 cm³/mol. The van der Waals surface area contributed by atoms with E-state index in [2.05, 4.69) is 65.3 Å². The summed E-state index contributed by atoms with van der Waals surface area (Å²) < 4.78 is 34.5. The van der Waals surface area contributed by atoms with Crippen LogP contribution in [0, 0.1) is 5.92 Å². The molecule has 2 heterocycles. The average molecular weight is 576 g/mol. The van der Waals surface area contributed by atoms with E-state index in [4.69, 9.17) is 4.74 Å². The summed E-state index contributed by atoms with van der Waals surface area (Å²) in [6.45, 7) is 4.35. The van der Waals surface area contributed by atoms with E-state index < -0.39 is 15.1 Å². The Bertz CT molecular complexity index is 1400. The van der Waals surface area contributed by atoms with Crippen molar-refractivity contribution in [1.29, 1.82) is 0 Å². The molecule has 2 saturated heterocycles. The minimum Gasteiger partial charge on any atom is -0.494 e. The summed E-state index contributed by atoms with van der Waals surface area (Å²) in [5, 5.41) is 13.1. The normalized spacial score (nSPS) is 26.2. The molecule has 6 nitrogen and oxygen atoms in total. The fraction of sp³-hybridized carbons (Fsp3) is 0.529. The number of sulfone groups is 1. The molecule has 1 saturated carbocycles. The van der Waals surface area contributed by atoms with Gasteiger partial charge in [-0.2, -0.15) is 0 Å². The molecule has 0 unspecified atom stereocenters. The number of hydrogen-bond acceptors (Lipinski definition) is 6. The molecule has 7 heteroatoms. The lowest BCUT2D eigenvalue weighted by molar-refractivity contribution is 0.306. The van der Waals surface area contributed by atoms with Gasteiger partial charge >= 0.3 is 0 Å². The molecule has 6 rings (SSSR count). The van der Waals surface area contributed by atoms with E-state index in [0.29, 0.717) is 30.0 Å². The minimum absolute atomic E-state index is 0.0713. The Labute approximate surface area is 245 Å². The average Bonchev–Trinajstić information content (AvgIpc) is 3.74. The number of benzene rings is 3. The van der Waals surface area contributed by atoms with Crippen molar-refractivity contribution in [1.82, 2.24) is 16.0 Å². The maximum Gasteiger partial charge on any atom is 0.184 e. The minimum atomic E-state index is -3.58. The molecule has 2 aliphatic heterocycles. The van der Waals surface area contributed by atoms with Gasteiger partial charge in [-0.1, -0.05) is 69.0 Å². The van der Waals surface area contributed by atoms with Crippen molar-refractivity contribution in [2.75, 3.05) is 13.2 Å². The van der Waals surface area contributed by atoms with Crippen molar-refractivity contribution in [3.8, 4) is 5.75 Å².